The normalized spacial score (nSPS) is 32.3. The first-order valence-electron chi connectivity index (χ1n) is 5.58. The number of hydrogen-bond donors (Lipinski definition) is 1. The second kappa shape index (κ2) is 4.45. The highest BCUT2D eigenvalue weighted by molar-refractivity contribution is 7.07. The maximum absolute atomic E-state index is 3.59. The van der Waals surface area contributed by atoms with Gasteiger partial charge < -0.3 is 5.32 Å². The summed E-state index contributed by atoms with van der Waals surface area (Å²) in [6.45, 7) is 5.69. The Balaban J connectivity index is 2.03. The molecule has 3 atom stereocenters. The Labute approximate surface area is 90.5 Å². The van der Waals surface area contributed by atoms with Crippen LogP contribution in [-0.2, 0) is 0 Å². The van der Waals surface area contributed by atoms with E-state index in [9.17, 15) is 0 Å². The molecule has 2 rings (SSSR count). The standard InChI is InChI=1S/C12H19NS/c1-3-13-12-5-4-11(9(12)2)10-6-7-14-8-10/h6-9,11-13H,3-5H2,1-2H3. The molecule has 1 heterocycles. The lowest BCUT2D eigenvalue weighted by Gasteiger charge is -2.20. The van der Waals surface area contributed by atoms with Crippen molar-refractivity contribution in [3.8, 4) is 0 Å². The van der Waals surface area contributed by atoms with Gasteiger partial charge in [0.15, 0.2) is 0 Å². The highest BCUT2D eigenvalue weighted by Crippen LogP contribution is 2.40. The van der Waals surface area contributed by atoms with E-state index in [-0.39, 0.29) is 0 Å². The Morgan fingerprint density at radius 2 is 2.36 bits per heavy atom. The zero-order valence-electron chi connectivity index (χ0n) is 8.99. The van der Waals surface area contributed by atoms with Gasteiger partial charge in [-0.2, -0.15) is 11.3 Å². The van der Waals surface area contributed by atoms with Crippen LogP contribution in [0.5, 0.6) is 0 Å². The molecule has 0 radical (unpaired) electrons. The molecular formula is C12H19NS. The van der Waals surface area contributed by atoms with E-state index in [1.165, 1.54) is 12.8 Å². The molecule has 0 aromatic carbocycles. The Morgan fingerprint density at radius 3 is 3.00 bits per heavy atom. The molecule has 1 aromatic rings. The van der Waals surface area contributed by atoms with Crippen molar-refractivity contribution in [2.24, 2.45) is 5.92 Å². The fourth-order valence-corrected chi connectivity index (χ4v) is 3.40. The number of nitrogens with one attached hydrogen (secondary N) is 1. The molecule has 78 valence electrons. The Bertz CT molecular complexity index is 268. The van der Waals surface area contributed by atoms with Crippen molar-refractivity contribution < 1.29 is 0 Å². The number of rotatable bonds is 3. The minimum atomic E-state index is 0.741. The molecule has 1 aliphatic carbocycles. The Hall–Kier alpha value is -0.340. The fourth-order valence-electron chi connectivity index (χ4n) is 2.67. The second-order valence-electron chi connectivity index (χ2n) is 4.26. The van der Waals surface area contributed by atoms with Crippen LogP contribution < -0.4 is 5.32 Å². The van der Waals surface area contributed by atoms with Crippen molar-refractivity contribution in [3.05, 3.63) is 22.4 Å². The van der Waals surface area contributed by atoms with Crippen LogP contribution in [0.25, 0.3) is 0 Å². The SMILES string of the molecule is CCNC1CCC(c2ccsc2)C1C. The predicted octanol–water partition coefficient (Wildman–Crippen LogP) is 3.24. The summed E-state index contributed by atoms with van der Waals surface area (Å²) >= 11 is 1.82. The Morgan fingerprint density at radius 1 is 1.50 bits per heavy atom. The molecule has 1 fully saturated rings. The van der Waals surface area contributed by atoms with Crippen molar-refractivity contribution in [2.75, 3.05) is 6.54 Å². The fraction of sp³-hybridized carbons (Fsp3) is 0.667. The van der Waals surface area contributed by atoms with Crippen molar-refractivity contribution in [1.29, 1.82) is 0 Å². The lowest BCUT2D eigenvalue weighted by atomic mass is 9.91. The van der Waals surface area contributed by atoms with E-state index in [2.05, 4.69) is 36.0 Å². The third-order valence-electron chi connectivity index (χ3n) is 3.50. The molecule has 1 nitrogen and oxygen atoms in total. The lowest BCUT2D eigenvalue weighted by Crippen LogP contribution is -2.31. The summed E-state index contributed by atoms with van der Waals surface area (Å²) in [5, 5.41) is 8.10. The maximum atomic E-state index is 3.59. The molecular weight excluding hydrogens is 190 g/mol. The van der Waals surface area contributed by atoms with E-state index in [1.54, 1.807) is 5.56 Å². The second-order valence-corrected chi connectivity index (χ2v) is 5.04. The highest BCUT2D eigenvalue weighted by atomic mass is 32.1. The third kappa shape index (κ3) is 1.86. The van der Waals surface area contributed by atoms with Gasteiger partial charge in [0.05, 0.1) is 0 Å². The smallest absolute Gasteiger partial charge is 0.00986 e. The van der Waals surface area contributed by atoms with Crippen LogP contribution >= 0.6 is 11.3 Å². The highest BCUT2D eigenvalue weighted by Gasteiger charge is 2.32. The minimum absolute atomic E-state index is 0.741. The van der Waals surface area contributed by atoms with Crippen LogP contribution in [0.2, 0.25) is 0 Å². The van der Waals surface area contributed by atoms with Crippen LogP contribution in [0.4, 0.5) is 0 Å². The van der Waals surface area contributed by atoms with E-state index >= 15 is 0 Å². The van der Waals surface area contributed by atoms with Crippen molar-refractivity contribution >= 4 is 11.3 Å². The first-order valence-corrected chi connectivity index (χ1v) is 6.52. The van der Waals surface area contributed by atoms with Crippen LogP contribution in [0.1, 0.15) is 38.2 Å². The first kappa shape index (κ1) is 10.2. The van der Waals surface area contributed by atoms with E-state index in [0.717, 1.165) is 24.4 Å². The summed E-state index contributed by atoms with van der Waals surface area (Å²) in [6, 6.07) is 3.03. The summed E-state index contributed by atoms with van der Waals surface area (Å²) in [7, 11) is 0. The van der Waals surface area contributed by atoms with Crippen LogP contribution in [0.3, 0.4) is 0 Å². The van der Waals surface area contributed by atoms with E-state index in [0.29, 0.717) is 0 Å². The summed E-state index contributed by atoms with van der Waals surface area (Å²) in [6.07, 6.45) is 2.70. The summed E-state index contributed by atoms with van der Waals surface area (Å²) < 4.78 is 0. The zero-order valence-corrected chi connectivity index (χ0v) is 9.81. The van der Waals surface area contributed by atoms with Gasteiger partial charge >= 0.3 is 0 Å². The maximum Gasteiger partial charge on any atom is 0.00986 e. The molecule has 3 unspecified atom stereocenters. The minimum Gasteiger partial charge on any atom is -0.314 e. The monoisotopic (exact) mass is 209 g/mol. The zero-order chi connectivity index (χ0) is 9.97. The van der Waals surface area contributed by atoms with Crippen LogP contribution in [0.15, 0.2) is 16.8 Å². The van der Waals surface area contributed by atoms with Crippen molar-refractivity contribution in [2.45, 2.75) is 38.6 Å². The van der Waals surface area contributed by atoms with E-state index in [1.807, 2.05) is 11.3 Å². The number of thiophene rings is 1. The van der Waals surface area contributed by atoms with Gasteiger partial charge in [-0.3, -0.25) is 0 Å². The van der Waals surface area contributed by atoms with Gasteiger partial charge in [-0.15, -0.1) is 0 Å². The summed E-state index contributed by atoms with van der Waals surface area (Å²) in [5.74, 6) is 1.59. The van der Waals surface area contributed by atoms with Crippen molar-refractivity contribution in [1.82, 2.24) is 5.32 Å². The lowest BCUT2D eigenvalue weighted by molar-refractivity contribution is 0.412. The van der Waals surface area contributed by atoms with Gasteiger partial charge in [-0.05, 0) is 53.6 Å². The molecule has 0 amide bonds. The molecule has 14 heavy (non-hydrogen) atoms. The quantitative estimate of drug-likeness (QED) is 0.806. The largest absolute Gasteiger partial charge is 0.314 e. The summed E-state index contributed by atoms with van der Waals surface area (Å²) in [4.78, 5) is 0. The molecule has 1 N–H and O–H groups in total. The molecule has 1 saturated carbocycles. The Kier molecular flexibility index (Phi) is 3.24. The molecule has 0 spiro atoms. The van der Waals surface area contributed by atoms with Gasteiger partial charge in [0.2, 0.25) is 0 Å². The predicted molar refractivity (Wildman–Crippen MR) is 62.9 cm³/mol. The molecule has 1 aliphatic rings. The van der Waals surface area contributed by atoms with Gasteiger partial charge in [-0.25, -0.2) is 0 Å². The first-order chi connectivity index (χ1) is 6.83. The molecule has 1 aromatic heterocycles. The average Bonchev–Trinajstić information content (AvgIpc) is 2.77. The molecule has 2 heteroatoms. The van der Waals surface area contributed by atoms with Crippen molar-refractivity contribution in [3.63, 3.8) is 0 Å². The molecule has 0 bridgehead atoms. The third-order valence-corrected chi connectivity index (χ3v) is 4.20. The van der Waals surface area contributed by atoms with E-state index < -0.39 is 0 Å². The van der Waals surface area contributed by atoms with Gasteiger partial charge in [0.25, 0.3) is 0 Å². The molecule has 0 saturated heterocycles. The average molecular weight is 209 g/mol. The van der Waals surface area contributed by atoms with E-state index in [4.69, 9.17) is 0 Å². The topological polar surface area (TPSA) is 12.0 Å². The van der Waals surface area contributed by atoms with Crippen LogP contribution in [0, 0.1) is 5.92 Å². The van der Waals surface area contributed by atoms with Crippen LogP contribution in [-0.4, -0.2) is 12.6 Å². The summed E-state index contributed by atoms with van der Waals surface area (Å²) in [5.41, 5.74) is 1.56. The number of hydrogen-bond acceptors (Lipinski definition) is 2. The van der Waals surface area contributed by atoms with Gasteiger partial charge in [0, 0.05) is 6.04 Å². The van der Waals surface area contributed by atoms with Gasteiger partial charge in [-0.1, -0.05) is 13.8 Å². The molecule has 0 aliphatic heterocycles. The van der Waals surface area contributed by atoms with Gasteiger partial charge in [0.1, 0.15) is 0 Å².